The summed E-state index contributed by atoms with van der Waals surface area (Å²) in [4.78, 5) is 2.55. The highest BCUT2D eigenvalue weighted by atomic mass is 15.4. The van der Waals surface area contributed by atoms with Gasteiger partial charge < -0.3 is 10.2 Å². The molecule has 0 aromatic carbocycles. The van der Waals surface area contributed by atoms with Crippen LogP contribution in [0.15, 0.2) is 6.20 Å². The van der Waals surface area contributed by atoms with E-state index >= 15 is 0 Å². The van der Waals surface area contributed by atoms with E-state index in [4.69, 9.17) is 0 Å². The van der Waals surface area contributed by atoms with E-state index in [9.17, 15) is 0 Å². The van der Waals surface area contributed by atoms with Crippen LogP contribution < -0.4 is 5.32 Å². The van der Waals surface area contributed by atoms with Crippen molar-refractivity contribution in [2.45, 2.75) is 59.7 Å². The van der Waals surface area contributed by atoms with Crippen LogP contribution in [-0.4, -0.2) is 45.6 Å². The Bertz CT molecular complexity index is 410. The standard InChI is InChI=1S/C15H29N5/c1-13(2)16-10-14-11-20(18-17-14)9-8-19-7-5-6-15(3,4)12-19/h11,13,16H,5-10,12H2,1-4H3. The molecule has 0 unspecified atom stereocenters. The average molecular weight is 279 g/mol. The molecule has 0 saturated carbocycles. The highest BCUT2D eigenvalue weighted by Gasteiger charge is 2.25. The van der Waals surface area contributed by atoms with Gasteiger partial charge in [0.2, 0.25) is 0 Å². The van der Waals surface area contributed by atoms with E-state index in [0.29, 0.717) is 11.5 Å². The Hall–Kier alpha value is -0.940. The first-order valence-corrected chi connectivity index (χ1v) is 7.79. The molecule has 0 atom stereocenters. The fraction of sp³-hybridized carbons (Fsp3) is 0.867. The van der Waals surface area contributed by atoms with E-state index in [1.165, 1.54) is 25.9 Å². The number of rotatable bonds is 6. The zero-order valence-electron chi connectivity index (χ0n) is 13.4. The van der Waals surface area contributed by atoms with E-state index < -0.39 is 0 Å². The van der Waals surface area contributed by atoms with Crippen LogP contribution in [-0.2, 0) is 13.1 Å². The summed E-state index contributed by atoms with van der Waals surface area (Å²) < 4.78 is 1.97. The molecule has 20 heavy (non-hydrogen) atoms. The molecule has 1 aliphatic rings. The third-order valence-electron chi connectivity index (χ3n) is 3.90. The summed E-state index contributed by atoms with van der Waals surface area (Å²) >= 11 is 0. The van der Waals surface area contributed by atoms with Crippen molar-refractivity contribution in [3.05, 3.63) is 11.9 Å². The van der Waals surface area contributed by atoms with Crippen molar-refractivity contribution >= 4 is 0 Å². The number of likely N-dealkylation sites (tertiary alicyclic amines) is 1. The third-order valence-corrected chi connectivity index (χ3v) is 3.90. The summed E-state index contributed by atoms with van der Waals surface area (Å²) in [6.07, 6.45) is 4.72. The van der Waals surface area contributed by atoms with Crippen LogP contribution >= 0.6 is 0 Å². The molecule has 1 aliphatic heterocycles. The van der Waals surface area contributed by atoms with Gasteiger partial charge in [0.25, 0.3) is 0 Å². The van der Waals surface area contributed by atoms with Crippen LogP contribution in [0.25, 0.3) is 0 Å². The molecule has 1 N–H and O–H groups in total. The Morgan fingerprint density at radius 1 is 1.35 bits per heavy atom. The van der Waals surface area contributed by atoms with Crippen molar-refractivity contribution in [1.29, 1.82) is 0 Å². The van der Waals surface area contributed by atoms with E-state index in [-0.39, 0.29) is 0 Å². The van der Waals surface area contributed by atoms with Crippen LogP contribution in [0.2, 0.25) is 0 Å². The van der Waals surface area contributed by atoms with Crippen molar-refractivity contribution in [1.82, 2.24) is 25.2 Å². The minimum Gasteiger partial charge on any atom is -0.309 e. The Labute approximate surface area is 122 Å². The van der Waals surface area contributed by atoms with Gasteiger partial charge in [-0.25, -0.2) is 0 Å². The fourth-order valence-electron chi connectivity index (χ4n) is 2.82. The number of hydrogen-bond acceptors (Lipinski definition) is 4. The van der Waals surface area contributed by atoms with Crippen molar-refractivity contribution in [3.8, 4) is 0 Å². The van der Waals surface area contributed by atoms with Gasteiger partial charge in [0, 0.05) is 31.9 Å². The summed E-state index contributed by atoms with van der Waals surface area (Å²) in [6.45, 7) is 14.2. The molecule has 1 aromatic heterocycles. The lowest BCUT2D eigenvalue weighted by molar-refractivity contribution is 0.113. The van der Waals surface area contributed by atoms with Crippen LogP contribution in [0, 0.1) is 5.41 Å². The summed E-state index contributed by atoms with van der Waals surface area (Å²) in [5, 5.41) is 11.8. The predicted octanol–water partition coefficient (Wildman–Crippen LogP) is 1.90. The lowest BCUT2D eigenvalue weighted by Gasteiger charge is -2.37. The van der Waals surface area contributed by atoms with Gasteiger partial charge in [0.05, 0.1) is 12.2 Å². The zero-order valence-corrected chi connectivity index (χ0v) is 13.4. The number of nitrogens with one attached hydrogen (secondary N) is 1. The SMILES string of the molecule is CC(C)NCc1cn(CCN2CCCC(C)(C)C2)nn1. The van der Waals surface area contributed by atoms with Gasteiger partial charge in [-0.3, -0.25) is 4.68 Å². The first-order chi connectivity index (χ1) is 9.44. The Balaban J connectivity index is 1.76. The summed E-state index contributed by atoms with van der Waals surface area (Å²) in [5.74, 6) is 0. The third kappa shape index (κ3) is 4.87. The number of piperidine rings is 1. The molecule has 0 amide bonds. The highest BCUT2D eigenvalue weighted by molar-refractivity contribution is 4.92. The quantitative estimate of drug-likeness (QED) is 0.864. The van der Waals surface area contributed by atoms with Crippen molar-refractivity contribution in [2.75, 3.05) is 19.6 Å². The molecule has 1 saturated heterocycles. The molecule has 2 heterocycles. The fourth-order valence-corrected chi connectivity index (χ4v) is 2.82. The Morgan fingerprint density at radius 3 is 2.85 bits per heavy atom. The summed E-state index contributed by atoms with van der Waals surface area (Å²) in [7, 11) is 0. The maximum atomic E-state index is 4.21. The molecule has 2 rings (SSSR count). The molecular weight excluding hydrogens is 250 g/mol. The molecule has 0 spiro atoms. The number of nitrogens with zero attached hydrogens (tertiary/aromatic N) is 4. The number of hydrogen-bond donors (Lipinski definition) is 1. The van der Waals surface area contributed by atoms with Gasteiger partial charge >= 0.3 is 0 Å². The lowest BCUT2D eigenvalue weighted by atomic mass is 9.84. The normalized spacial score (nSPS) is 19.6. The minimum atomic E-state index is 0.465. The lowest BCUT2D eigenvalue weighted by Crippen LogP contribution is -2.41. The smallest absolute Gasteiger partial charge is 0.0964 e. The van der Waals surface area contributed by atoms with Crippen molar-refractivity contribution in [2.24, 2.45) is 5.41 Å². The second-order valence-corrected chi connectivity index (χ2v) is 7.05. The van der Waals surface area contributed by atoms with Gasteiger partial charge in [-0.1, -0.05) is 32.9 Å². The molecular formula is C15H29N5. The van der Waals surface area contributed by atoms with Gasteiger partial charge in [-0.15, -0.1) is 5.10 Å². The van der Waals surface area contributed by atoms with Gasteiger partial charge in [-0.05, 0) is 24.8 Å². The topological polar surface area (TPSA) is 46.0 Å². The molecule has 114 valence electrons. The predicted molar refractivity (Wildman–Crippen MR) is 81.5 cm³/mol. The second-order valence-electron chi connectivity index (χ2n) is 7.05. The van der Waals surface area contributed by atoms with Crippen LogP contribution in [0.5, 0.6) is 0 Å². The molecule has 5 heteroatoms. The van der Waals surface area contributed by atoms with Gasteiger partial charge in [0.15, 0.2) is 0 Å². The Morgan fingerprint density at radius 2 is 2.15 bits per heavy atom. The monoisotopic (exact) mass is 279 g/mol. The molecule has 0 bridgehead atoms. The van der Waals surface area contributed by atoms with E-state index in [0.717, 1.165) is 25.3 Å². The van der Waals surface area contributed by atoms with Crippen LogP contribution in [0.4, 0.5) is 0 Å². The first-order valence-electron chi connectivity index (χ1n) is 7.79. The van der Waals surface area contributed by atoms with E-state index in [1.54, 1.807) is 0 Å². The molecule has 0 aliphatic carbocycles. The maximum Gasteiger partial charge on any atom is 0.0964 e. The first kappa shape index (κ1) is 15.4. The van der Waals surface area contributed by atoms with Gasteiger partial charge in [-0.2, -0.15) is 0 Å². The maximum absolute atomic E-state index is 4.21. The number of aromatic nitrogens is 3. The molecule has 1 aromatic rings. The largest absolute Gasteiger partial charge is 0.309 e. The molecule has 1 fully saturated rings. The minimum absolute atomic E-state index is 0.465. The Kier molecular flexibility index (Phi) is 5.16. The molecule has 0 radical (unpaired) electrons. The average Bonchev–Trinajstić information content (AvgIpc) is 2.81. The summed E-state index contributed by atoms with van der Waals surface area (Å²) in [6, 6.07) is 0.482. The highest BCUT2D eigenvalue weighted by Crippen LogP contribution is 2.28. The van der Waals surface area contributed by atoms with Crippen LogP contribution in [0.3, 0.4) is 0 Å². The molecule has 5 nitrogen and oxygen atoms in total. The van der Waals surface area contributed by atoms with Crippen molar-refractivity contribution in [3.63, 3.8) is 0 Å². The second kappa shape index (κ2) is 6.68. The summed E-state index contributed by atoms with van der Waals surface area (Å²) in [5.41, 5.74) is 1.49. The van der Waals surface area contributed by atoms with Crippen molar-refractivity contribution < 1.29 is 0 Å². The zero-order chi connectivity index (χ0) is 14.6. The van der Waals surface area contributed by atoms with Crippen LogP contribution in [0.1, 0.15) is 46.2 Å². The van der Waals surface area contributed by atoms with E-state index in [2.05, 4.69) is 54.4 Å². The van der Waals surface area contributed by atoms with Gasteiger partial charge in [0.1, 0.15) is 0 Å². The van der Waals surface area contributed by atoms with E-state index in [1.807, 2.05) is 4.68 Å².